The van der Waals surface area contributed by atoms with Crippen molar-refractivity contribution in [2.75, 3.05) is 13.7 Å². The van der Waals surface area contributed by atoms with Crippen molar-refractivity contribution in [3.63, 3.8) is 0 Å². The normalized spacial score (nSPS) is 41.0. The summed E-state index contributed by atoms with van der Waals surface area (Å²) in [4.78, 5) is 30.5. The molecule has 9 nitrogen and oxygen atoms in total. The molecule has 0 aromatic carbocycles. The summed E-state index contributed by atoms with van der Waals surface area (Å²) in [7, 11) is 1.49. The maximum atomic E-state index is 13.2. The number of nitrogens with zero attached hydrogens (tertiary/aromatic N) is 1. The summed E-state index contributed by atoms with van der Waals surface area (Å²) in [5.41, 5.74) is -0.864. The number of carbonyl (C=O) groups excluding carboxylic acids is 2. The van der Waals surface area contributed by atoms with Crippen LogP contribution in [0.2, 0.25) is 0 Å². The van der Waals surface area contributed by atoms with Crippen molar-refractivity contribution in [2.24, 2.45) is 22.2 Å². The van der Waals surface area contributed by atoms with Crippen LogP contribution in [0.5, 0.6) is 0 Å². The predicted molar refractivity (Wildman–Crippen MR) is 133 cm³/mol. The number of Topliss-reactive ketones (excluding diaryl/α,β-unsaturated/α-hetero) is 1. The Hall–Kier alpha value is -2.23. The lowest BCUT2D eigenvalue weighted by Crippen LogP contribution is -2.45. The van der Waals surface area contributed by atoms with Crippen LogP contribution in [0, 0.1) is 17.3 Å². The van der Waals surface area contributed by atoms with Gasteiger partial charge >= 0.3 is 12.1 Å². The second kappa shape index (κ2) is 11.0. The number of cyclic esters (lactones) is 1. The number of ether oxygens (including phenoxy) is 4. The number of epoxide rings is 1. The lowest BCUT2D eigenvalue weighted by molar-refractivity contribution is -0.154. The van der Waals surface area contributed by atoms with Gasteiger partial charge in [-0.25, -0.2) is 4.99 Å². The van der Waals surface area contributed by atoms with Crippen LogP contribution in [0.3, 0.4) is 0 Å². The smallest absolute Gasteiger partial charge is 0.383 e. The molecule has 0 spiro atoms. The van der Waals surface area contributed by atoms with E-state index in [4.69, 9.17) is 18.9 Å². The fraction of sp³-hybridized carbons (Fsp3) is 0.741. The quantitative estimate of drug-likeness (QED) is 0.332. The minimum absolute atomic E-state index is 0.129. The Bertz CT molecular complexity index is 925. The van der Waals surface area contributed by atoms with Gasteiger partial charge < -0.3 is 29.2 Å². The number of esters is 1. The molecular formula is C27H41NO8. The van der Waals surface area contributed by atoms with Crippen LogP contribution in [0.4, 0.5) is 0 Å². The summed E-state index contributed by atoms with van der Waals surface area (Å²) in [5.74, 6) is -1.90. The second-order valence-electron chi connectivity index (χ2n) is 11.1. The van der Waals surface area contributed by atoms with E-state index in [0.717, 1.165) is 5.57 Å². The van der Waals surface area contributed by atoms with E-state index in [2.05, 4.69) is 4.99 Å². The van der Waals surface area contributed by atoms with Crippen molar-refractivity contribution in [1.29, 1.82) is 0 Å². The molecule has 0 aromatic rings. The monoisotopic (exact) mass is 507 g/mol. The molecule has 1 saturated heterocycles. The van der Waals surface area contributed by atoms with Gasteiger partial charge in [-0.1, -0.05) is 45.9 Å². The molecule has 1 fully saturated rings. The first kappa shape index (κ1) is 28.3. The summed E-state index contributed by atoms with van der Waals surface area (Å²) in [6, 6.07) is -0.259. The van der Waals surface area contributed by atoms with Crippen molar-refractivity contribution in [3.8, 4) is 0 Å². The Morgan fingerprint density at radius 2 is 1.92 bits per heavy atom. The molecule has 3 aliphatic rings. The van der Waals surface area contributed by atoms with Gasteiger partial charge in [-0.05, 0) is 25.8 Å². The third-order valence-corrected chi connectivity index (χ3v) is 7.78. The zero-order valence-electron chi connectivity index (χ0n) is 22.4. The topological polar surface area (TPSA) is 127 Å². The highest BCUT2D eigenvalue weighted by atomic mass is 16.7. The maximum Gasteiger partial charge on any atom is 0.383 e. The zero-order valence-corrected chi connectivity index (χ0v) is 22.4. The van der Waals surface area contributed by atoms with E-state index in [0.29, 0.717) is 19.4 Å². The van der Waals surface area contributed by atoms with Gasteiger partial charge in [0, 0.05) is 18.3 Å². The summed E-state index contributed by atoms with van der Waals surface area (Å²) < 4.78 is 22.2. The molecule has 0 amide bonds. The molecule has 3 heterocycles. The van der Waals surface area contributed by atoms with Crippen molar-refractivity contribution in [3.05, 3.63) is 23.8 Å². The van der Waals surface area contributed by atoms with Crippen molar-refractivity contribution in [1.82, 2.24) is 0 Å². The van der Waals surface area contributed by atoms with Crippen LogP contribution in [0.25, 0.3) is 0 Å². The Morgan fingerprint density at radius 3 is 2.56 bits per heavy atom. The Kier molecular flexibility index (Phi) is 8.68. The minimum atomic E-state index is -1.27. The molecule has 2 N–H and O–H groups in total. The lowest BCUT2D eigenvalue weighted by atomic mass is 9.73. The van der Waals surface area contributed by atoms with Gasteiger partial charge in [0.2, 0.25) is 0 Å². The van der Waals surface area contributed by atoms with Gasteiger partial charge in [0.05, 0.1) is 42.9 Å². The molecule has 0 aromatic heterocycles. The molecular weight excluding hydrogens is 466 g/mol. The van der Waals surface area contributed by atoms with Gasteiger partial charge in [0.1, 0.15) is 24.5 Å². The number of rotatable bonds is 2. The number of carbonyl (C=O) groups is 2. The fourth-order valence-corrected chi connectivity index (χ4v) is 4.88. The molecule has 9 heteroatoms. The fourth-order valence-electron chi connectivity index (χ4n) is 4.88. The summed E-state index contributed by atoms with van der Waals surface area (Å²) in [6.07, 6.45) is 3.80. The van der Waals surface area contributed by atoms with Crippen LogP contribution in [0.15, 0.2) is 28.8 Å². The van der Waals surface area contributed by atoms with Gasteiger partial charge in [-0.2, -0.15) is 0 Å². The molecule has 8 atom stereocenters. The first-order chi connectivity index (χ1) is 16.8. The second-order valence-corrected chi connectivity index (χ2v) is 11.1. The number of methoxy groups -OCH3 is 1. The zero-order chi connectivity index (χ0) is 26.8. The van der Waals surface area contributed by atoms with Gasteiger partial charge in [0.25, 0.3) is 0 Å². The van der Waals surface area contributed by atoms with Crippen LogP contribution in [-0.2, 0) is 28.5 Å². The third kappa shape index (κ3) is 6.36. The Labute approximate surface area is 213 Å². The molecule has 0 saturated carbocycles. The number of hydrogen-bond acceptors (Lipinski definition) is 9. The highest BCUT2D eigenvalue weighted by Gasteiger charge is 2.52. The van der Waals surface area contributed by atoms with E-state index in [-0.39, 0.29) is 36.4 Å². The van der Waals surface area contributed by atoms with E-state index in [1.165, 1.54) is 7.11 Å². The van der Waals surface area contributed by atoms with Crippen molar-refractivity contribution in [2.45, 2.75) is 96.9 Å². The summed E-state index contributed by atoms with van der Waals surface area (Å²) >= 11 is 0. The lowest BCUT2D eigenvalue weighted by Gasteiger charge is -2.34. The van der Waals surface area contributed by atoms with E-state index >= 15 is 0 Å². The van der Waals surface area contributed by atoms with Crippen molar-refractivity contribution >= 4 is 17.8 Å². The van der Waals surface area contributed by atoms with Crippen LogP contribution in [0.1, 0.15) is 60.8 Å². The molecule has 0 radical (unpaired) electrons. The largest absolute Gasteiger partial charge is 0.458 e. The van der Waals surface area contributed by atoms with Crippen molar-refractivity contribution < 1.29 is 38.7 Å². The number of ketones is 1. The number of aliphatic hydroxyl groups excluding tert-OH is 2. The first-order valence-electron chi connectivity index (χ1n) is 12.7. The van der Waals surface area contributed by atoms with Gasteiger partial charge in [-0.15, -0.1) is 0 Å². The highest BCUT2D eigenvalue weighted by Crippen LogP contribution is 2.44. The van der Waals surface area contributed by atoms with Gasteiger partial charge in [0.15, 0.2) is 0 Å². The molecule has 3 rings (SSSR count). The molecule has 0 aliphatic carbocycles. The van der Waals surface area contributed by atoms with E-state index in [9.17, 15) is 19.8 Å². The summed E-state index contributed by atoms with van der Waals surface area (Å²) in [6.45, 7) is 10.9. The van der Waals surface area contributed by atoms with Crippen LogP contribution in [-0.4, -0.2) is 77.8 Å². The highest BCUT2D eigenvalue weighted by molar-refractivity contribution is 5.88. The van der Waals surface area contributed by atoms with E-state index < -0.39 is 41.2 Å². The van der Waals surface area contributed by atoms with Crippen LogP contribution < -0.4 is 0 Å². The van der Waals surface area contributed by atoms with E-state index in [1.807, 2.05) is 39.0 Å². The predicted octanol–water partition coefficient (Wildman–Crippen LogP) is 2.73. The van der Waals surface area contributed by atoms with Crippen LogP contribution >= 0.6 is 0 Å². The molecule has 202 valence electrons. The average molecular weight is 508 g/mol. The first-order valence-corrected chi connectivity index (χ1v) is 12.7. The molecule has 3 unspecified atom stereocenters. The average Bonchev–Trinajstić information content (AvgIpc) is 3.23. The summed E-state index contributed by atoms with van der Waals surface area (Å²) in [5, 5.41) is 21.6. The Morgan fingerprint density at radius 1 is 1.22 bits per heavy atom. The number of hydrogen-bond donors (Lipinski definition) is 2. The Balaban J connectivity index is 1.86. The van der Waals surface area contributed by atoms with Gasteiger partial charge in [-0.3, -0.25) is 9.59 Å². The minimum Gasteiger partial charge on any atom is -0.458 e. The number of fused-ring (bicyclic) bond motifs is 1. The number of aliphatic hydroxyl groups is 2. The third-order valence-electron chi connectivity index (χ3n) is 7.78. The SMILES string of the molecule is COC1=NC(/C=C(\C)[C@@H]2CC3OC3(C)C/C=C/[C@H](C)[C@H](O)[C@@H](C)C(=O)C(C)(C)[C@@H](O)CC(=O)O2)CO1. The molecule has 36 heavy (non-hydrogen) atoms. The molecule has 0 bridgehead atoms. The van der Waals surface area contributed by atoms with E-state index in [1.54, 1.807) is 20.8 Å². The maximum absolute atomic E-state index is 13.2. The number of aliphatic imine (C=N–C) groups is 1. The standard InChI is InChI=1S/C27H41NO8/c1-15-9-8-10-27(6)21(36-27)12-19(16(2)11-18-14-34-25(28-18)33-7)35-22(30)13-20(29)26(4,5)24(32)17(3)23(15)31/h8-9,11,15,17-21,23,29,31H,10,12-14H2,1-7H3/b9-8+,16-11+/t15-,17+,18?,19-,20-,21?,23-,27?/m0/s1. The molecule has 3 aliphatic heterocycles.